The van der Waals surface area contributed by atoms with Crippen LogP contribution in [0.15, 0.2) is 116 Å². The molecule has 1 fully saturated rings. The van der Waals surface area contributed by atoms with Gasteiger partial charge in [0.25, 0.3) is 0 Å². The van der Waals surface area contributed by atoms with Gasteiger partial charge >= 0.3 is 6.09 Å². The Kier molecular flexibility index (Phi) is 16.4. The third-order valence-electron chi connectivity index (χ3n) is 11.2. The van der Waals surface area contributed by atoms with Crippen molar-refractivity contribution in [2.45, 2.75) is 115 Å². The molecule has 0 spiro atoms. The largest absolute Gasteiger partial charge is 0.444 e. The minimum Gasteiger partial charge on any atom is -0.444 e. The molecule has 6 rings (SSSR count). The van der Waals surface area contributed by atoms with Crippen molar-refractivity contribution < 1.29 is 33.7 Å². The standard InChI is InChI=1S/C48H61N7O7/c1-48(2,3)62-47(59)53-40(25-34-14-7-4-8-15-34)46(58)55(42(44(49)57)27-39-28-50-32-52-39)41(26-37-20-13-21-38(24-37)31-60-29-35-16-9-5-10-17-35)43(56)45-51-22-23-54(45)33-61-30-36-18-11-6-12-19-36/h4-12,14-19,22-23,28,32,37-38,40-43,56H,13,20-21,24-27,29-31,33H2,1-3H3,(H2,49,57)(H,50,52)(H,53,59)/t37?,38?,40-,41-,42-,43-/m0/s1. The van der Waals surface area contributed by atoms with Gasteiger partial charge in [-0.05, 0) is 68.6 Å². The molecule has 330 valence electrons. The number of H-pyrrole nitrogens is 1. The smallest absolute Gasteiger partial charge is 0.408 e. The molecule has 0 bridgehead atoms. The van der Waals surface area contributed by atoms with E-state index < -0.39 is 47.7 Å². The van der Waals surface area contributed by atoms with Crippen LogP contribution < -0.4 is 11.1 Å². The molecule has 6 atom stereocenters. The summed E-state index contributed by atoms with van der Waals surface area (Å²) in [6, 6.07) is 25.5. The summed E-state index contributed by atoms with van der Waals surface area (Å²) >= 11 is 0. The maximum absolute atomic E-state index is 15.6. The van der Waals surface area contributed by atoms with Crippen molar-refractivity contribution in [2.75, 3.05) is 6.61 Å². The van der Waals surface area contributed by atoms with Crippen molar-refractivity contribution in [1.82, 2.24) is 29.7 Å². The number of imidazole rings is 2. The first-order valence-electron chi connectivity index (χ1n) is 21.5. The minimum atomic E-state index is -1.41. The van der Waals surface area contributed by atoms with Gasteiger partial charge < -0.3 is 44.8 Å². The van der Waals surface area contributed by atoms with E-state index >= 15 is 4.79 Å². The van der Waals surface area contributed by atoms with Gasteiger partial charge in [-0.15, -0.1) is 0 Å². The molecule has 14 heteroatoms. The summed E-state index contributed by atoms with van der Waals surface area (Å²) in [7, 11) is 0. The van der Waals surface area contributed by atoms with Crippen LogP contribution in [0.1, 0.15) is 87.2 Å². The molecule has 1 aliphatic carbocycles. The van der Waals surface area contributed by atoms with Crippen LogP contribution in [0.4, 0.5) is 4.79 Å². The highest BCUT2D eigenvalue weighted by molar-refractivity contribution is 5.91. The van der Waals surface area contributed by atoms with Gasteiger partial charge in [-0.2, -0.15) is 0 Å². The zero-order valence-corrected chi connectivity index (χ0v) is 36.0. The van der Waals surface area contributed by atoms with Crippen LogP contribution >= 0.6 is 0 Å². The molecule has 1 aliphatic rings. The van der Waals surface area contributed by atoms with Crippen LogP contribution in [0.3, 0.4) is 0 Å². The van der Waals surface area contributed by atoms with E-state index in [1.807, 2.05) is 91.0 Å². The summed E-state index contributed by atoms with van der Waals surface area (Å²) in [6.45, 7) is 6.67. The Morgan fingerprint density at radius 3 is 2.13 bits per heavy atom. The molecule has 3 aromatic carbocycles. The van der Waals surface area contributed by atoms with E-state index in [2.05, 4.69) is 20.3 Å². The molecule has 0 saturated heterocycles. The molecule has 2 aromatic heterocycles. The summed E-state index contributed by atoms with van der Waals surface area (Å²) < 4.78 is 19.7. The minimum absolute atomic E-state index is 0.0204. The summed E-state index contributed by atoms with van der Waals surface area (Å²) in [5.74, 6) is -0.891. The second-order valence-corrected chi connectivity index (χ2v) is 17.2. The summed E-state index contributed by atoms with van der Waals surface area (Å²) in [5.41, 5.74) is 8.74. The Morgan fingerprint density at radius 2 is 1.52 bits per heavy atom. The maximum Gasteiger partial charge on any atom is 0.408 e. The number of rotatable bonds is 21. The molecule has 0 radical (unpaired) electrons. The van der Waals surface area contributed by atoms with Crippen LogP contribution in [0.2, 0.25) is 0 Å². The topological polar surface area (TPSA) is 187 Å². The van der Waals surface area contributed by atoms with E-state index in [1.165, 1.54) is 11.2 Å². The number of hydrogen-bond acceptors (Lipinski definition) is 9. The third-order valence-corrected chi connectivity index (χ3v) is 11.2. The van der Waals surface area contributed by atoms with E-state index in [0.29, 0.717) is 31.9 Å². The van der Waals surface area contributed by atoms with Gasteiger partial charge in [-0.3, -0.25) is 9.59 Å². The van der Waals surface area contributed by atoms with Crippen molar-refractivity contribution in [1.29, 1.82) is 0 Å². The molecule has 14 nitrogen and oxygen atoms in total. The second-order valence-electron chi connectivity index (χ2n) is 17.2. The second kappa shape index (κ2) is 22.3. The Balaban J connectivity index is 1.37. The number of amides is 3. The van der Waals surface area contributed by atoms with E-state index in [1.54, 1.807) is 43.9 Å². The first-order valence-corrected chi connectivity index (χ1v) is 21.5. The van der Waals surface area contributed by atoms with Crippen LogP contribution in [-0.4, -0.2) is 77.8 Å². The van der Waals surface area contributed by atoms with E-state index in [-0.39, 0.29) is 37.2 Å². The Hall–Kier alpha value is -5.83. The number of nitrogens with zero attached hydrogens (tertiary/aromatic N) is 4. The van der Waals surface area contributed by atoms with Gasteiger partial charge in [0.05, 0.1) is 31.3 Å². The molecule has 5 N–H and O–H groups in total. The SMILES string of the molecule is CC(C)(C)OC(=O)N[C@@H](Cc1ccccc1)C(=O)N([C@@H](Cc1c[nH]cn1)C(N)=O)[C@@H](CC1CCCC(COCc2ccccc2)C1)[C@H](O)c1nccn1COCc1ccccc1. The number of hydrogen-bond donors (Lipinski definition) is 4. The number of nitrogens with two attached hydrogens (primary N) is 1. The number of ether oxygens (including phenoxy) is 3. The number of aromatic nitrogens is 4. The summed E-state index contributed by atoms with van der Waals surface area (Å²) in [5, 5.41) is 15.6. The van der Waals surface area contributed by atoms with Crippen molar-refractivity contribution in [3.05, 3.63) is 144 Å². The molecule has 2 unspecified atom stereocenters. The van der Waals surface area contributed by atoms with Gasteiger partial charge in [0.1, 0.15) is 36.3 Å². The monoisotopic (exact) mass is 847 g/mol. The number of aliphatic hydroxyl groups is 1. The zero-order valence-electron chi connectivity index (χ0n) is 36.0. The van der Waals surface area contributed by atoms with Gasteiger partial charge in [-0.25, -0.2) is 14.8 Å². The van der Waals surface area contributed by atoms with E-state index in [0.717, 1.165) is 42.4 Å². The summed E-state index contributed by atoms with van der Waals surface area (Å²) in [4.78, 5) is 56.2. The number of aliphatic hydroxyl groups excluding tert-OH is 1. The highest BCUT2D eigenvalue weighted by Crippen LogP contribution is 2.37. The van der Waals surface area contributed by atoms with Crippen molar-refractivity contribution in [2.24, 2.45) is 17.6 Å². The van der Waals surface area contributed by atoms with Crippen molar-refractivity contribution >= 4 is 17.9 Å². The lowest BCUT2D eigenvalue weighted by atomic mass is 9.77. The van der Waals surface area contributed by atoms with Crippen molar-refractivity contribution in [3.63, 3.8) is 0 Å². The lowest BCUT2D eigenvalue weighted by molar-refractivity contribution is -0.148. The molecule has 3 amide bonds. The molecule has 5 aromatic rings. The van der Waals surface area contributed by atoms with Gasteiger partial charge in [-0.1, -0.05) is 104 Å². The molecular formula is C48H61N7O7. The van der Waals surface area contributed by atoms with Crippen LogP contribution in [0.25, 0.3) is 0 Å². The summed E-state index contributed by atoms with van der Waals surface area (Å²) in [6.07, 6.45) is 8.03. The number of alkyl carbamates (subject to hydrolysis) is 1. The fourth-order valence-corrected chi connectivity index (χ4v) is 8.29. The van der Waals surface area contributed by atoms with Crippen LogP contribution in [-0.2, 0) is 56.6 Å². The molecule has 62 heavy (non-hydrogen) atoms. The lowest BCUT2D eigenvalue weighted by Gasteiger charge is -2.43. The maximum atomic E-state index is 15.6. The third kappa shape index (κ3) is 13.6. The molecule has 0 aliphatic heterocycles. The fourth-order valence-electron chi connectivity index (χ4n) is 8.29. The van der Waals surface area contributed by atoms with E-state index in [9.17, 15) is 14.7 Å². The zero-order chi connectivity index (χ0) is 43.9. The highest BCUT2D eigenvalue weighted by Gasteiger charge is 2.44. The number of benzene rings is 3. The number of aromatic amines is 1. The first kappa shape index (κ1) is 45.7. The van der Waals surface area contributed by atoms with Gasteiger partial charge in [0.15, 0.2) is 0 Å². The van der Waals surface area contributed by atoms with E-state index in [4.69, 9.17) is 19.9 Å². The normalized spacial score (nSPS) is 17.4. The van der Waals surface area contributed by atoms with Crippen LogP contribution in [0.5, 0.6) is 0 Å². The highest BCUT2D eigenvalue weighted by atomic mass is 16.6. The Labute approximate surface area is 364 Å². The molecule has 1 saturated carbocycles. The molecular weight excluding hydrogens is 787 g/mol. The quantitative estimate of drug-likeness (QED) is 0.0627. The van der Waals surface area contributed by atoms with Gasteiger partial charge in [0.2, 0.25) is 11.8 Å². The fraction of sp³-hybridized carbons (Fsp3) is 0.438. The average Bonchev–Trinajstić information content (AvgIpc) is 3.96. The molecule has 2 heterocycles. The lowest BCUT2D eigenvalue weighted by Crippen LogP contribution is -2.61. The van der Waals surface area contributed by atoms with Crippen LogP contribution in [0, 0.1) is 11.8 Å². The number of carbonyl (C=O) groups is 3. The number of primary amides is 1. The average molecular weight is 848 g/mol. The predicted octanol–water partition coefficient (Wildman–Crippen LogP) is 6.66. The Bertz CT molecular complexity index is 2110. The van der Waals surface area contributed by atoms with Gasteiger partial charge in [0, 0.05) is 38.0 Å². The Morgan fingerprint density at radius 1 is 0.887 bits per heavy atom. The predicted molar refractivity (Wildman–Crippen MR) is 234 cm³/mol. The number of nitrogens with one attached hydrogen (secondary N) is 2. The van der Waals surface area contributed by atoms with Crippen molar-refractivity contribution in [3.8, 4) is 0 Å². The number of carbonyl (C=O) groups excluding carboxylic acids is 3. The first-order chi connectivity index (χ1) is 29.9.